The number of halogens is 1. The summed E-state index contributed by atoms with van der Waals surface area (Å²) in [5.74, 6) is 0. The third-order valence-corrected chi connectivity index (χ3v) is 5.19. The number of rotatable bonds is 5. The molecule has 0 saturated heterocycles. The molecule has 0 aliphatic carbocycles. The Hall–Kier alpha value is -3.37. The van der Waals surface area contributed by atoms with Crippen molar-refractivity contribution >= 4 is 55.3 Å². The molecule has 4 aromatic rings. The number of nitrogens with zero attached hydrogens (tertiary/aromatic N) is 3. The zero-order chi connectivity index (χ0) is 20.4. The summed E-state index contributed by atoms with van der Waals surface area (Å²) in [6, 6.07) is 13.1. The van der Waals surface area contributed by atoms with Gasteiger partial charge in [-0.3, -0.25) is 15.5 Å². The van der Waals surface area contributed by atoms with Crippen molar-refractivity contribution in [2.24, 2.45) is 5.10 Å². The summed E-state index contributed by atoms with van der Waals surface area (Å²) >= 11 is 4.69. The van der Waals surface area contributed by atoms with E-state index < -0.39 is 10.5 Å². The first-order valence-electron chi connectivity index (χ1n) is 8.22. The first-order valence-corrected chi connectivity index (χ1v) is 9.90. The van der Waals surface area contributed by atoms with Crippen LogP contribution >= 0.6 is 27.3 Å². The van der Waals surface area contributed by atoms with E-state index in [2.05, 4.69) is 31.4 Å². The lowest BCUT2D eigenvalue weighted by molar-refractivity contribution is -0.384. The number of nitro benzene ring substituents is 1. The highest BCUT2D eigenvalue weighted by Gasteiger charge is 2.12. The topological polar surface area (TPSA) is 111 Å². The Morgan fingerprint density at radius 2 is 2.00 bits per heavy atom. The maximum atomic E-state index is 12.3. The summed E-state index contributed by atoms with van der Waals surface area (Å²) in [4.78, 5) is 26.9. The van der Waals surface area contributed by atoms with Crippen molar-refractivity contribution in [3.05, 3.63) is 84.5 Å². The van der Waals surface area contributed by atoms with Crippen molar-refractivity contribution in [2.45, 2.75) is 0 Å². The highest BCUT2D eigenvalue weighted by atomic mass is 79.9. The molecule has 1 N–H and O–H groups in total. The minimum Gasteiger partial charge on any atom is -0.422 e. The number of non-ortho nitro benzene ring substituents is 1. The van der Waals surface area contributed by atoms with Gasteiger partial charge in [0.2, 0.25) is 5.13 Å². The highest BCUT2D eigenvalue weighted by molar-refractivity contribution is 9.10. The van der Waals surface area contributed by atoms with E-state index in [4.69, 9.17) is 4.42 Å². The molecule has 10 heteroatoms. The maximum Gasteiger partial charge on any atom is 0.345 e. The van der Waals surface area contributed by atoms with Crippen molar-refractivity contribution in [3.63, 3.8) is 0 Å². The molecular formula is C19H11BrN4O4S. The average Bonchev–Trinajstić information content (AvgIpc) is 3.17. The lowest BCUT2D eigenvalue weighted by Gasteiger charge is -2.00. The van der Waals surface area contributed by atoms with Crippen molar-refractivity contribution in [1.29, 1.82) is 0 Å². The van der Waals surface area contributed by atoms with E-state index in [-0.39, 0.29) is 5.69 Å². The van der Waals surface area contributed by atoms with Crippen LogP contribution in [-0.4, -0.2) is 16.1 Å². The predicted molar refractivity (Wildman–Crippen MR) is 116 cm³/mol. The van der Waals surface area contributed by atoms with Crippen LogP contribution < -0.4 is 11.1 Å². The van der Waals surface area contributed by atoms with Crippen LogP contribution in [0.5, 0.6) is 0 Å². The molecule has 0 spiro atoms. The second-order valence-corrected chi connectivity index (χ2v) is 7.66. The quantitative estimate of drug-likeness (QED) is 0.189. The van der Waals surface area contributed by atoms with Crippen LogP contribution in [0, 0.1) is 10.1 Å². The molecule has 0 aliphatic rings. The molecule has 144 valence electrons. The van der Waals surface area contributed by atoms with Gasteiger partial charge in [-0.15, -0.1) is 11.3 Å². The number of hydrazone groups is 1. The number of aromatic nitrogens is 1. The van der Waals surface area contributed by atoms with E-state index in [1.54, 1.807) is 35.7 Å². The molecule has 4 rings (SSSR count). The molecule has 8 nitrogen and oxygen atoms in total. The predicted octanol–water partition coefficient (Wildman–Crippen LogP) is 5.03. The van der Waals surface area contributed by atoms with Gasteiger partial charge in [-0.2, -0.15) is 5.10 Å². The number of nitrogens with one attached hydrogen (secondary N) is 1. The van der Waals surface area contributed by atoms with E-state index in [0.717, 1.165) is 9.86 Å². The number of fused-ring (bicyclic) bond motifs is 1. The van der Waals surface area contributed by atoms with Crippen LogP contribution in [-0.2, 0) is 0 Å². The molecule has 0 radical (unpaired) electrons. The van der Waals surface area contributed by atoms with Gasteiger partial charge >= 0.3 is 5.63 Å². The molecule has 0 fully saturated rings. The largest absolute Gasteiger partial charge is 0.422 e. The van der Waals surface area contributed by atoms with E-state index in [1.807, 2.05) is 6.07 Å². The molecular weight excluding hydrogens is 460 g/mol. The second-order valence-electron chi connectivity index (χ2n) is 5.89. The fraction of sp³-hybridized carbons (Fsp3) is 0. The third-order valence-electron chi connectivity index (χ3n) is 3.95. The van der Waals surface area contributed by atoms with Crippen LogP contribution in [0.25, 0.3) is 22.2 Å². The monoisotopic (exact) mass is 470 g/mol. The van der Waals surface area contributed by atoms with Gasteiger partial charge in [0.05, 0.1) is 22.4 Å². The molecule has 0 bridgehead atoms. The first kappa shape index (κ1) is 19.0. The molecule has 29 heavy (non-hydrogen) atoms. The fourth-order valence-electron chi connectivity index (χ4n) is 2.57. The number of hydrogen-bond donors (Lipinski definition) is 1. The molecule has 0 amide bonds. The zero-order valence-corrected chi connectivity index (χ0v) is 16.9. The SMILES string of the molecule is O=c1oc2ccc(Br)cc2cc1-c1csc(N/N=C/c2ccc([N+](=O)[O-])cc2)n1. The normalized spacial score (nSPS) is 11.2. The van der Waals surface area contributed by atoms with Crippen LogP contribution in [0.1, 0.15) is 5.56 Å². The highest BCUT2D eigenvalue weighted by Crippen LogP contribution is 2.26. The molecule has 0 aliphatic heterocycles. The lowest BCUT2D eigenvalue weighted by Crippen LogP contribution is -2.03. The Morgan fingerprint density at radius 3 is 2.76 bits per heavy atom. The van der Waals surface area contributed by atoms with Gasteiger partial charge in [0.15, 0.2) is 0 Å². The minimum atomic E-state index is -0.467. The zero-order valence-electron chi connectivity index (χ0n) is 14.5. The van der Waals surface area contributed by atoms with Crippen LogP contribution in [0.4, 0.5) is 10.8 Å². The van der Waals surface area contributed by atoms with Gasteiger partial charge in [0, 0.05) is 27.4 Å². The first-order chi connectivity index (χ1) is 14.0. The smallest absolute Gasteiger partial charge is 0.345 e. The van der Waals surface area contributed by atoms with Crippen molar-refractivity contribution in [2.75, 3.05) is 5.43 Å². The number of anilines is 1. The van der Waals surface area contributed by atoms with Crippen molar-refractivity contribution in [1.82, 2.24) is 4.98 Å². The number of benzene rings is 2. The molecule has 0 unspecified atom stereocenters. The summed E-state index contributed by atoms with van der Waals surface area (Å²) in [5.41, 5.74) is 4.38. The van der Waals surface area contributed by atoms with Crippen molar-refractivity contribution < 1.29 is 9.34 Å². The Kier molecular flexibility index (Phi) is 5.19. The van der Waals surface area contributed by atoms with Crippen LogP contribution in [0.3, 0.4) is 0 Å². The standard InChI is InChI=1S/C19H11BrN4O4S/c20-13-3-6-17-12(7-13)8-15(18(25)28-17)16-10-29-19(22-16)23-21-9-11-1-4-14(5-2-11)24(26)27/h1-10H,(H,22,23)/b21-9+. The summed E-state index contributed by atoms with van der Waals surface area (Å²) in [7, 11) is 0. The fourth-order valence-corrected chi connectivity index (χ4v) is 3.60. The Labute approximate surface area is 175 Å². The summed E-state index contributed by atoms with van der Waals surface area (Å²) < 4.78 is 6.25. The Balaban J connectivity index is 1.52. The Bertz CT molecular complexity index is 1300. The Morgan fingerprint density at radius 1 is 1.21 bits per heavy atom. The summed E-state index contributed by atoms with van der Waals surface area (Å²) in [6.07, 6.45) is 1.52. The maximum absolute atomic E-state index is 12.3. The van der Waals surface area contributed by atoms with Crippen LogP contribution in [0.2, 0.25) is 0 Å². The van der Waals surface area contributed by atoms with E-state index in [1.165, 1.54) is 29.7 Å². The molecule has 2 aromatic heterocycles. The molecule has 0 saturated carbocycles. The van der Waals surface area contributed by atoms with Gasteiger partial charge in [-0.1, -0.05) is 15.9 Å². The van der Waals surface area contributed by atoms with E-state index in [0.29, 0.717) is 27.5 Å². The van der Waals surface area contributed by atoms with Gasteiger partial charge in [-0.05, 0) is 42.0 Å². The van der Waals surface area contributed by atoms with Gasteiger partial charge in [0.25, 0.3) is 5.69 Å². The molecule has 2 heterocycles. The van der Waals surface area contributed by atoms with Crippen molar-refractivity contribution in [3.8, 4) is 11.3 Å². The third kappa shape index (κ3) is 4.23. The van der Waals surface area contributed by atoms with E-state index >= 15 is 0 Å². The van der Waals surface area contributed by atoms with Crippen LogP contribution in [0.15, 0.2) is 72.7 Å². The van der Waals surface area contributed by atoms with Gasteiger partial charge < -0.3 is 4.42 Å². The summed E-state index contributed by atoms with van der Waals surface area (Å²) in [5, 5.41) is 17.8. The number of hydrogen-bond acceptors (Lipinski definition) is 8. The van der Waals surface area contributed by atoms with E-state index in [9.17, 15) is 14.9 Å². The van der Waals surface area contributed by atoms with Gasteiger partial charge in [-0.25, -0.2) is 9.78 Å². The molecule has 0 atom stereocenters. The summed E-state index contributed by atoms with van der Waals surface area (Å²) in [6.45, 7) is 0. The average molecular weight is 471 g/mol. The lowest BCUT2D eigenvalue weighted by atomic mass is 10.1. The minimum absolute atomic E-state index is 0.0147. The van der Waals surface area contributed by atoms with Gasteiger partial charge in [0.1, 0.15) is 5.58 Å². The molecule has 2 aromatic carbocycles. The number of nitro groups is 1. The second kappa shape index (κ2) is 7.94. The number of thiazole rings is 1.